The third-order valence-electron chi connectivity index (χ3n) is 2.19. The Morgan fingerprint density at radius 3 is 2.44 bits per heavy atom. The van der Waals surface area contributed by atoms with Crippen LogP contribution >= 0.6 is 11.8 Å². The van der Waals surface area contributed by atoms with Crippen LogP contribution in [0.3, 0.4) is 0 Å². The second-order valence-electron chi connectivity index (χ2n) is 3.72. The number of rotatable bonds is 11. The van der Waals surface area contributed by atoms with Gasteiger partial charge in [0.25, 0.3) is 0 Å². The van der Waals surface area contributed by atoms with Gasteiger partial charge in [-0.1, -0.05) is 6.42 Å². The summed E-state index contributed by atoms with van der Waals surface area (Å²) in [6.07, 6.45) is 5.96. The third kappa shape index (κ3) is 10.7. The van der Waals surface area contributed by atoms with E-state index in [1.807, 2.05) is 18.8 Å². The Morgan fingerprint density at radius 1 is 1.06 bits per heavy atom. The van der Waals surface area contributed by atoms with Gasteiger partial charge in [0, 0.05) is 6.54 Å². The van der Waals surface area contributed by atoms with E-state index in [9.17, 15) is 8.42 Å². The van der Waals surface area contributed by atoms with E-state index < -0.39 is 10.0 Å². The maximum Gasteiger partial charge on any atom is 0.211 e. The number of sulfonamides is 1. The third-order valence-corrected chi connectivity index (χ3v) is 4.35. The number of hydrogen-bond acceptors (Lipinski definition) is 4. The van der Waals surface area contributed by atoms with Crippen LogP contribution < -0.4 is 10.0 Å². The van der Waals surface area contributed by atoms with Crippen LogP contribution in [0.15, 0.2) is 0 Å². The molecule has 0 aromatic heterocycles. The van der Waals surface area contributed by atoms with Crippen molar-refractivity contribution in [3.05, 3.63) is 0 Å². The molecule has 0 atom stereocenters. The van der Waals surface area contributed by atoms with Gasteiger partial charge in [-0.05, 0) is 44.9 Å². The minimum absolute atomic E-state index is 0.221. The van der Waals surface area contributed by atoms with E-state index in [2.05, 4.69) is 16.3 Å². The largest absolute Gasteiger partial charge is 0.320 e. The zero-order valence-electron chi connectivity index (χ0n) is 10.3. The van der Waals surface area contributed by atoms with Gasteiger partial charge in [-0.25, -0.2) is 13.1 Å². The quantitative estimate of drug-likeness (QED) is 0.550. The fourth-order valence-corrected chi connectivity index (χ4v) is 2.90. The van der Waals surface area contributed by atoms with Crippen LogP contribution in [0.2, 0.25) is 0 Å². The van der Waals surface area contributed by atoms with Crippen molar-refractivity contribution in [3.8, 4) is 0 Å². The second-order valence-corrected chi connectivity index (χ2v) is 6.64. The second kappa shape index (κ2) is 10.4. The molecule has 0 fully saturated rings. The minimum Gasteiger partial charge on any atom is -0.320 e. The first-order chi connectivity index (χ1) is 7.62. The predicted molar refractivity (Wildman–Crippen MR) is 72.6 cm³/mol. The molecule has 0 aliphatic rings. The Morgan fingerprint density at radius 2 is 1.81 bits per heavy atom. The first kappa shape index (κ1) is 16.2. The molecule has 16 heavy (non-hydrogen) atoms. The fraction of sp³-hybridized carbons (Fsp3) is 1.00. The molecule has 0 radical (unpaired) electrons. The smallest absolute Gasteiger partial charge is 0.211 e. The van der Waals surface area contributed by atoms with Crippen LogP contribution in [-0.2, 0) is 10.0 Å². The molecule has 6 heteroatoms. The molecular weight excluding hydrogens is 244 g/mol. The Bertz CT molecular complexity index is 243. The van der Waals surface area contributed by atoms with Crippen LogP contribution in [0.4, 0.5) is 0 Å². The van der Waals surface area contributed by atoms with E-state index in [0.29, 0.717) is 13.0 Å². The normalized spacial score (nSPS) is 11.9. The molecule has 0 aliphatic carbocycles. The standard InChI is InChI=1S/C10H24N2O2S2/c1-11-7-6-10-16(13,14)12-8-4-3-5-9-15-2/h11-12H,3-10H2,1-2H3. The van der Waals surface area contributed by atoms with Crippen molar-refractivity contribution in [2.45, 2.75) is 25.7 Å². The van der Waals surface area contributed by atoms with E-state index in [-0.39, 0.29) is 5.75 Å². The molecule has 2 N–H and O–H groups in total. The fourth-order valence-electron chi connectivity index (χ4n) is 1.29. The van der Waals surface area contributed by atoms with Gasteiger partial charge >= 0.3 is 0 Å². The summed E-state index contributed by atoms with van der Waals surface area (Å²) in [5, 5.41) is 2.94. The van der Waals surface area contributed by atoms with Crippen molar-refractivity contribution in [2.75, 3.05) is 37.9 Å². The van der Waals surface area contributed by atoms with Gasteiger partial charge < -0.3 is 5.32 Å². The lowest BCUT2D eigenvalue weighted by Gasteiger charge is -2.06. The van der Waals surface area contributed by atoms with Gasteiger partial charge in [0.05, 0.1) is 5.75 Å². The van der Waals surface area contributed by atoms with Gasteiger partial charge in [0.1, 0.15) is 0 Å². The van der Waals surface area contributed by atoms with E-state index in [1.165, 1.54) is 6.42 Å². The van der Waals surface area contributed by atoms with Gasteiger partial charge in [0.2, 0.25) is 10.0 Å². The zero-order valence-corrected chi connectivity index (χ0v) is 11.9. The number of nitrogens with one attached hydrogen (secondary N) is 2. The minimum atomic E-state index is -3.04. The maximum absolute atomic E-state index is 11.5. The average molecular weight is 268 g/mol. The molecule has 0 saturated heterocycles. The lowest BCUT2D eigenvalue weighted by molar-refractivity contribution is 0.572. The highest BCUT2D eigenvalue weighted by Crippen LogP contribution is 2.01. The van der Waals surface area contributed by atoms with Crippen molar-refractivity contribution in [1.82, 2.24) is 10.0 Å². The predicted octanol–water partition coefficient (Wildman–Crippen LogP) is 1.05. The molecule has 0 saturated carbocycles. The van der Waals surface area contributed by atoms with E-state index in [0.717, 1.165) is 25.1 Å². The summed E-state index contributed by atoms with van der Waals surface area (Å²) in [7, 11) is -1.22. The lowest BCUT2D eigenvalue weighted by Crippen LogP contribution is -2.28. The number of unbranched alkanes of at least 4 members (excludes halogenated alkanes) is 2. The topological polar surface area (TPSA) is 58.2 Å². The molecule has 0 spiro atoms. The van der Waals surface area contributed by atoms with Crippen molar-refractivity contribution in [2.24, 2.45) is 0 Å². The van der Waals surface area contributed by atoms with Crippen LogP contribution in [0, 0.1) is 0 Å². The van der Waals surface area contributed by atoms with E-state index in [4.69, 9.17) is 0 Å². The molecule has 0 amide bonds. The van der Waals surface area contributed by atoms with Crippen molar-refractivity contribution >= 4 is 21.8 Å². The molecule has 98 valence electrons. The molecule has 0 aliphatic heterocycles. The maximum atomic E-state index is 11.5. The highest BCUT2D eigenvalue weighted by molar-refractivity contribution is 7.98. The SMILES string of the molecule is CNCCCS(=O)(=O)NCCCCCSC. The molecular formula is C10H24N2O2S2. The summed E-state index contributed by atoms with van der Waals surface area (Å²) in [6, 6.07) is 0. The molecule has 0 aromatic carbocycles. The summed E-state index contributed by atoms with van der Waals surface area (Å²) in [5.41, 5.74) is 0. The summed E-state index contributed by atoms with van der Waals surface area (Å²) < 4.78 is 25.5. The van der Waals surface area contributed by atoms with Crippen molar-refractivity contribution < 1.29 is 8.42 Å². The van der Waals surface area contributed by atoms with E-state index in [1.54, 1.807) is 0 Å². The van der Waals surface area contributed by atoms with Crippen LogP contribution in [0.5, 0.6) is 0 Å². The zero-order chi connectivity index (χ0) is 12.3. The Kier molecular flexibility index (Phi) is 10.5. The summed E-state index contributed by atoms with van der Waals surface area (Å²) in [5.74, 6) is 1.38. The average Bonchev–Trinajstić information content (AvgIpc) is 2.23. The van der Waals surface area contributed by atoms with Crippen LogP contribution in [0.1, 0.15) is 25.7 Å². The Balaban J connectivity index is 3.43. The van der Waals surface area contributed by atoms with Gasteiger partial charge in [0.15, 0.2) is 0 Å². The molecule has 0 unspecified atom stereocenters. The molecule has 0 bridgehead atoms. The van der Waals surface area contributed by atoms with Crippen LogP contribution in [-0.4, -0.2) is 46.3 Å². The molecule has 0 rings (SSSR count). The van der Waals surface area contributed by atoms with Gasteiger partial charge in [-0.3, -0.25) is 0 Å². The number of hydrogen-bond donors (Lipinski definition) is 2. The molecule has 0 heterocycles. The highest BCUT2D eigenvalue weighted by atomic mass is 32.2. The Labute approximate surface area is 104 Å². The Hall–Kier alpha value is 0.220. The number of thioether (sulfide) groups is 1. The first-order valence-electron chi connectivity index (χ1n) is 5.73. The summed E-state index contributed by atoms with van der Waals surface area (Å²) in [4.78, 5) is 0. The first-order valence-corrected chi connectivity index (χ1v) is 8.78. The van der Waals surface area contributed by atoms with Crippen molar-refractivity contribution in [3.63, 3.8) is 0 Å². The molecule has 4 nitrogen and oxygen atoms in total. The van der Waals surface area contributed by atoms with Crippen LogP contribution in [0.25, 0.3) is 0 Å². The highest BCUT2D eigenvalue weighted by Gasteiger charge is 2.07. The lowest BCUT2D eigenvalue weighted by atomic mass is 10.2. The monoisotopic (exact) mass is 268 g/mol. The summed E-state index contributed by atoms with van der Waals surface area (Å²) in [6.45, 7) is 1.32. The van der Waals surface area contributed by atoms with Gasteiger partial charge in [-0.2, -0.15) is 11.8 Å². The van der Waals surface area contributed by atoms with Gasteiger partial charge in [-0.15, -0.1) is 0 Å². The molecule has 0 aromatic rings. The summed E-state index contributed by atoms with van der Waals surface area (Å²) >= 11 is 1.83. The van der Waals surface area contributed by atoms with Crippen molar-refractivity contribution in [1.29, 1.82) is 0 Å². The van der Waals surface area contributed by atoms with E-state index >= 15 is 0 Å².